The maximum atomic E-state index is 12.4. The van der Waals surface area contributed by atoms with E-state index in [-0.39, 0.29) is 0 Å². The van der Waals surface area contributed by atoms with Crippen LogP contribution in [0.1, 0.15) is 13.8 Å². The van der Waals surface area contributed by atoms with Crippen LogP contribution < -0.4 is 10.6 Å². The first kappa shape index (κ1) is 51.0. The summed E-state index contributed by atoms with van der Waals surface area (Å²) < 4.78 is 51.0. The predicted molar refractivity (Wildman–Crippen MR) is 190 cm³/mol. The fraction of sp³-hybridized carbons (Fsp3) is 0.941. The van der Waals surface area contributed by atoms with E-state index in [1.54, 1.807) is 0 Å². The number of carbonyl (C=O) groups is 2. The molecule has 2 amide bonds. The van der Waals surface area contributed by atoms with Gasteiger partial charge in [-0.15, -0.1) is 0 Å². The van der Waals surface area contributed by atoms with Crippen LogP contribution in [0, 0.1) is 0 Å². The van der Waals surface area contributed by atoms with Crippen LogP contribution in [0.2, 0.25) is 0 Å². The minimum atomic E-state index is -2.14. The van der Waals surface area contributed by atoms with Crippen molar-refractivity contribution in [1.29, 1.82) is 0 Å². The maximum absolute atomic E-state index is 12.4. The fourth-order valence-electron chi connectivity index (χ4n) is 7.83. The molecule has 0 bridgehead atoms. The maximum Gasteiger partial charge on any atom is 0.217 e. The Labute approximate surface area is 351 Å². The molecule has 17 N–H and O–H groups in total. The topological polar surface area (TPSA) is 445 Å². The number of amides is 2. The summed E-state index contributed by atoms with van der Waals surface area (Å²) in [6, 6.07) is -3.36. The Balaban J connectivity index is 1.36. The van der Waals surface area contributed by atoms with Gasteiger partial charge in [-0.2, -0.15) is 0 Å². The third-order valence-electron chi connectivity index (χ3n) is 11.1. The normalized spacial score (nSPS) is 49.0. The number of aliphatic hydroxyl groups excluding tert-OH is 15. The number of hydrogen-bond donors (Lipinski definition) is 17. The van der Waals surface area contributed by atoms with Crippen LogP contribution in [0.15, 0.2) is 0 Å². The molecule has 0 aromatic rings. The molecule has 5 saturated heterocycles. The Bertz CT molecular complexity index is 1440. The molecule has 0 aromatic heterocycles. The molecule has 5 fully saturated rings. The molecule has 1 unspecified atom stereocenters. The van der Waals surface area contributed by atoms with Gasteiger partial charge < -0.3 is 130 Å². The highest BCUT2D eigenvalue weighted by Crippen LogP contribution is 2.35. The van der Waals surface area contributed by atoms with Gasteiger partial charge in [-0.25, -0.2) is 0 Å². The van der Waals surface area contributed by atoms with Crippen molar-refractivity contribution in [3.05, 3.63) is 0 Å². The smallest absolute Gasteiger partial charge is 0.217 e. The second-order valence-electron chi connectivity index (χ2n) is 15.4. The lowest BCUT2D eigenvalue weighted by molar-refractivity contribution is -0.383. The monoisotopic (exact) mass is 910 g/mol. The number of hydrogen-bond acceptors (Lipinski definition) is 26. The fourth-order valence-corrected chi connectivity index (χ4v) is 7.83. The third kappa shape index (κ3) is 10.8. The van der Waals surface area contributed by atoms with Crippen LogP contribution in [0.4, 0.5) is 0 Å². The first-order valence-electron chi connectivity index (χ1n) is 19.6. The molecule has 360 valence electrons. The lowest BCUT2D eigenvalue weighted by atomic mass is 9.94. The Kier molecular flexibility index (Phi) is 18.1. The molecule has 5 aliphatic rings. The van der Waals surface area contributed by atoms with E-state index in [4.69, 9.17) is 42.6 Å². The Morgan fingerprint density at radius 3 is 1.05 bits per heavy atom. The summed E-state index contributed by atoms with van der Waals surface area (Å²) in [4.78, 5) is 24.7. The molecule has 0 spiro atoms. The zero-order valence-electron chi connectivity index (χ0n) is 33.2. The van der Waals surface area contributed by atoms with E-state index in [0.29, 0.717) is 0 Å². The Morgan fingerprint density at radius 1 is 0.387 bits per heavy atom. The minimum Gasteiger partial charge on any atom is -0.394 e. The van der Waals surface area contributed by atoms with E-state index < -0.39 is 198 Å². The van der Waals surface area contributed by atoms with Crippen molar-refractivity contribution in [3.8, 4) is 0 Å². The largest absolute Gasteiger partial charge is 0.394 e. The first-order chi connectivity index (χ1) is 29.3. The van der Waals surface area contributed by atoms with Gasteiger partial charge in [0, 0.05) is 13.8 Å². The van der Waals surface area contributed by atoms with Gasteiger partial charge in [0.1, 0.15) is 122 Å². The van der Waals surface area contributed by atoms with E-state index in [1.807, 2.05) is 0 Å². The Morgan fingerprint density at radius 2 is 0.694 bits per heavy atom. The molecule has 0 aromatic carbocycles. The molecular formula is C34H58N2O26. The molecule has 62 heavy (non-hydrogen) atoms. The van der Waals surface area contributed by atoms with Crippen molar-refractivity contribution < 1.29 is 129 Å². The van der Waals surface area contributed by atoms with Crippen molar-refractivity contribution >= 4 is 11.8 Å². The molecule has 5 rings (SSSR count). The van der Waals surface area contributed by atoms with E-state index in [9.17, 15) is 86.2 Å². The van der Waals surface area contributed by atoms with Crippen LogP contribution in [0.3, 0.4) is 0 Å². The lowest BCUT2D eigenvalue weighted by Gasteiger charge is -2.50. The number of carbonyl (C=O) groups excluding carboxylic acids is 2. The SMILES string of the molecule is CC(=O)N[C@H]1[C@H](O[C@H]2[C@H](O)[C@H](O[C@@H]3O[C@H](CO)[C@@H](O[C@@H]4O[C@H](CO)[C@H](O)[C@H](O)[C@H]4O)[C@H](O)[C@H]3NC(C)=O)C(O)O[C@@H]2CO)O[C@H](CO)[C@@H](O[C@@H]2O[C@H](CO)[C@H](O)[C@H](O)[C@H]2O)[C@@H]1O. The second-order valence-corrected chi connectivity index (χ2v) is 15.4. The average Bonchev–Trinajstić information content (AvgIpc) is 3.23. The summed E-state index contributed by atoms with van der Waals surface area (Å²) in [5.74, 6) is -1.59. The first-order valence-corrected chi connectivity index (χ1v) is 19.6. The van der Waals surface area contributed by atoms with Gasteiger partial charge in [0.2, 0.25) is 11.8 Å². The highest BCUT2D eigenvalue weighted by atomic mass is 16.8. The van der Waals surface area contributed by atoms with Crippen molar-refractivity contribution in [2.75, 3.05) is 33.0 Å². The average molecular weight is 911 g/mol. The second kappa shape index (κ2) is 22.0. The van der Waals surface area contributed by atoms with Crippen molar-refractivity contribution in [2.45, 2.75) is 167 Å². The molecule has 0 radical (unpaired) electrons. The van der Waals surface area contributed by atoms with Crippen molar-refractivity contribution in [1.82, 2.24) is 10.6 Å². The van der Waals surface area contributed by atoms with Gasteiger partial charge in [-0.05, 0) is 0 Å². The molecule has 5 heterocycles. The van der Waals surface area contributed by atoms with Gasteiger partial charge in [0.25, 0.3) is 0 Å². The van der Waals surface area contributed by atoms with Crippen LogP contribution >= 0.6 is 0 Å². The van der Waals surface area contributed by atoms with E-state index in [1.165, 1.54) is 0 Å². The van der Waals surface area contributed by atoms with Gasteiger partial charge in [0.15, 0.2) is 31.5 Å². The molecule has 0 aliphatic carbocycles. The number of aliphatic hydroxyl groups is 15. The zero-order valence-corrected chi connectivity index (χ0v) is 33.2. The Hall–Kier alpha value is -2.02. The lowest BCUT2D eigenvalue weighted by Crippen LogP contribution is -2.70. The highest BCUT2D eigenvalue weighted by Gasteiger charge is 2.57. The molecule has 0 saturated carbocycles. The minimum absolute atomic E-state index is 0.791. The highest BCUT2D eigenvalue weighted by molar-refractivity contribution is 5.73. The van der Waals surface area contributed by atoms with Gasteiger partial charge in [-0.3, -0.25) is 9.59 Å². The van der Waals surface area contributed by atoms with Crippen molar-refractivity contribution in [3.63, 3.8) is 0 Å². The summed E-state index contributed by atoms with van der Waals surface area (Å²) in [6.45, 7) is -2.48. The summed E-state index contributed by atoms with van der Waals surface area (Å²) in [5.41, 5.74) is 0. The van der Waals surface area contributed by atoms with E-state index in [2.05, 4.69) is 10.6 Å². The van der Waals surface area contributed by atoms with Gasteiger partial charge >= 0.3 is 0 Å². The van der Waals surface area contributed by atoms with Gasteiger partial charge in [-0.1, -0.05) is 0 Å². The number of nitrogens with one attached hydrogen (secondary N) is 2. The summed E-state index contributed by atoms with van der Waals surface area (Å²) in [7, 11) is 0. The van der Waals surface area contributed by atoms with E-state index in [0.717, 1.165) is 13.8 Å². The standard InChI is InChI=1S/C34H58N2O26/c1-8(42)35-15-19(46)26(60-33-23(50)21(48)17(44)10(3-37)55-33)13(6-40)57-31(15)59-28-12(5-39)54-30(53)29(25(28)52)62-32-16(36-9(2)43)20(47)27(14(7-41)58-32)61-34-24(51)22(49)18(45)11(4-38)56-34/h10-34,37-41,44-53H,3-7H2,1-2H3,(H,35,42)(H,36,43)/t10-,11-,12-,13-,14-,15-,16-,17+,18+,19-,20-,21+,22+,23-,24-,25+,26-,27-,28-,29+,30?,31+,32+,33+,34+/m1/s1. The van der Waals surface area contributed by atoms with E-state index >= 15 is 0 Å². The summed E-state index contributed by atoms with van der Waals surface area (Å²) >= 11 is 0. The molecule has 28 heteroatoms. The third-order valence-corrected chi connectivity index (χ3v) is 11.1. The number of rotatable bonds is 15. The zero-order chi connectivity index (χ0) is 45.9. The van der Waals surface area contributed by atoms with Gasteiger partial charge in [0.05, 0.1) is 33.0 Å². The molecule has 25 atom stereocenters. The quantitative estimate of drug-likeness (QED) is 0.0725. The number of ether oxygens (including phenoxy) is 9. The van der Waals surface area contributed by atoms with Crippen molar-refractivity contribution in [2.24, 2.45) is 0 Å². The summed E-state index contributed by atoms with van der Waals surface area (Å²) in [6.07, 6.45) is -41.7. The van der Waals surface area contributed by atoms with Crippen LogP contribution in [0.25, 0.3) is 0 Å². The van der Waals surface area contributed by atoms with Crippen LogP contribution in [0.5, 0.6) is 0 Å². The molecular weight excluding hydrogens is 852 g/mol. The van der Waals surface area contributed by atoms with Crippen LogP contribution in [-0.2, 0) is 52.2 Å². The predicted octanol–water partition coefficient (Wildman–Crippen LogP) is -11.6. The molecule has 5 aliphatic heterocycles. The summed E-state index contributed by atoms with van der Waals surface area (Å²) in [5, 5.41) is 162. The molecule has 28 nitrogen and oxygen atoms in total. The van der Waals surface area contributed by atoms with Crippen LogP contribution in [-0.4, -0.2) is 275 Å².